The lowest BCUT2D eigenvalue weighted by Crippen LogP contribution is -2.22. The molecule has 0 saturated carbocycles. The number of rotatable bonds is 1. The maximum absolute atomic E-state index is 4.20. The first kappa shape index (κ1) is 8.78. The van der Waals surface area contributed by atoms with Gasteiger partial charge in [-0.05, 0) is 0 Å². The molecule has 2 nitrogen and oxygen atoms in total. The molecule has 2 heteroatoms. The van der Waals surface area contributed by atoms with Gasteiger partial charge in [0, 0.05) is 26.7 Å². The molecular weight excluding hydrogens is 148 g/mol. The fourth-order valence-corrected chi connectivity index (χ4v) is 1.17. The van der Waals surface area contributed by atoms with E-state index in [0.717, 1.165) is 11.4 Å². The summed E-state index contributed by atoms with van der Waals surface area (Å²) in [7, 11) is 5.80. The lowest BCUT2D eigenvalue weighted by atomic mass is 10.2. The highest BCUT2D eigenvalue weighted by molar-refractivity contribution is 5.98. The molecule has 1 rings (SSSR count). The van der Waals surface area contributed by atoms with Crippen molar-refractivity contribution >= 4 is 5.84 Å². The fourth-order valence-electron chi connectivity index (χ4n) is 1.17. The molecule has 0 atom stereocenters. The molecule has 0 aliphatic rings. The van der Waals surface area contributed by atoms with E-state index >= 15 is 0 Å². The van der Waals surface area contributed by atoms with Gasteiger partial charge in [0.25, 0.3) is 0 Å². The van der Waals surface area contributed by atoms with E-state index in [9.17, 15) is 0 Å². The summed E-state index contributed by atoms with van der Waals surface area (Å²) in [4.78, 5) is 6.21. The number of hydrogen-bond acceptors (Lipinski definition) is 1. The first-order valence-corrected chi connectivity index (χ1v) is 3.95. The topological polar surface area (TPSA) is 15.6 Å². The van der Waals surface area contributed by atoms with Gasteiger partial charge in [0.15, 0.2) is 0 Å². The molecule has 0 aromatic heterocycles. The van der Waals surface area contributed by atoms with Gasteiger partial charge in [-0.15, -0.1) is 0 Å². The van der Waals surface area contributed by atoms with Crippen LogP contribution in [0.1, 0.15) is 5.56 Å². The van der Waals surface area contributed by atoms with E-state index in [0.29, 0.717) is 0 Å². The largest absolute Gasteiger partial charge is 0.363 e. The highest BCUT2D eigenvalue weighted by Gasteiger charge is 2.01. The van der Waals surface area contributed by atoms with Gasteiger partial charge in [-0.2, -0.15) is 0 Å². The van der Waals surface area contributed by atoms with E-state index in [4.69, 9.17) is 0 Å². The lowest BCUT2D eigenvalue weighted by molar-refractivity contribution is 0.622. The second-order valence-electron chi connectivity index (χ2n) is 2.81. The number of amidine groups is 1. The first-order valence-electron chi connectivity index (χ1n) is 3.95. The number of hydrogen-bond donors (Lipinski definition) is 0. The zero-order valence-corrected chi connectivity index (χ0v) is 7.78. The van der Waals surface area contributed by atoms with Crippen molar-refractivity contribution in [3.63, 3.8) is 0 Å². The van der Waals surface area contributed by atoms with Gasteiger partial charge < -0.3 is 4.90 Å². The molecule has 0 bridgehead atoms. The Kier molecular flexibility index (Phi) is 2.86. The summed E-state index contributed by atoms with van der Waals surface area (Å²) in [6, 6.07) is 10.2. The zero-order chi connectivity index (χ0) is 8.97. The Labute approximate surface area is 73.5 Å². The monoisotopic (exact) mass is 162 g/mol. The third-order valence-corrected chi connectivity index (χ3v) is 1.67. The predicted molar refractivity (Wildman–Crippen MR) is 52.6 cm³/mol. The summed E-state index contributed by atoms with van der Waals surface area (Å²) in [5, 5.41) is 0. The minimum absolute atomic E-state index is 1.01. The normalized spacial score (nSPS) is 11.4. The van der Waals surface area contributed by atoms with Crippen molar-refractivity contribution < 1.29 is 0 Å². The van der Waals surface area contributed by atoms with Crippen molar-refractivity contribution in [2.75, 3.05) is 21.1 Å². The highest BCUT2D eigenvalue weighted by Crippen LogP contribution is 2.02. The van der Waals surface area contributed by atoms with Gasteiger partial charge in [-0.3, -0.25) is 4.99 Å². The molecule has 0 N–H and O–H groups in total. The molecule has 0 aliphatic heterocycles. The van der Waals surface area contributed by atoms with Crippen molar-refractivity contribution in [3.05, 3.63) is 35.9 Å². The summed E-state index contributed by atoms with van der Waals surface area (Å²) < 4.78 is 0. The standard InChI is InChI=1S/C10H14N2/c1-11-10(12(2)3)9-7-5-4-6-8-9/h4-8H,1-3H3. The lowest BCUT2D eigenvalue weighted by Gasteiger charge is -2.14. The molecule has 12 heavy (non-hydrogen) atoms. The summed E-state index contributed by atoms with van der Waals surface area (Å²) in [5.41, 5.74) is 1.16. The predicted octanol–water partition coefficient (Wildman–Crippen LogP) is 1.62. The third kappa shape index (κ3) is 1.84. The summed E-state index contributed by atoms with van der Waals surface area (Å²) in [5.74, 6) is 1.01. The molecule has 0 fully saturated rings. The van der Waals surface area contributed by atoms with Crippen molar-refractivity contribution in [1.82, 2.24) is 4.90 Å². The van der Waals surface area contributed by atoms with E-state index in [1.807, 2.05) is 44.2 Å². The van der Waals surface area contributed by atoms with Crippen molar-refractivity contribution in [3.8, 4) is 0 Å². The van der Waals surface area contributed by atoms with Crippen LogP contribution in [-0.4, -0.2) is 31.9 Å². The van der Waals surface area contributed by atoms with E-state index in [1.54, 1.807) is 0 Å². The van der Waals surface area contributed by atoms with Crippen LogP contribution in [0.4, 0.5) is 0 Å². The molecule has 0 amide bonds. The summed E-state index contributed by atoms with van der Waals surface area (Å²) >= 11 is 0. The van der Waals surface area contributed by atoms with E-state index in [2.05, 4.69) is 17.1 Å². The average molecular weight is 162 g/mol. The Balaban J connectivity index is 2.97. The Morgan fingerprint density at radius 1 is 1.17 bits per heavy atom. The second-order valence-corrected chi connectivity index (χ2v) is 2.81. The zero-order valence-electron chi connectivity index (χ0n) is 7.78. The summed E-state index contributed by atoms with van der Waals surface area (Å²) in [6.07, 6.45) is 0. The van der Waals surface area contributed by atoms with Crippen LogP contribution < -0.4 is 0 Å². The summed E-state index contributed by atoms with van der Waals surface area (Å²) in [6.45, 7) is 0. The number of aliphatic imine (C=N–C) groups is 1. The average Bonchev–Trinajstić information content (AvgIpc) is 2.07. The Bertz CT molecular complexity index is 262. The van der Waals surface area contributed by atoms with Crippen LogP contribution >= 0.6 is 0 Å². The Morgan fingerprint density at radius 3 is 2.17 bits per heavy atom. The molecule has 0 heterocycles. The fraction of sp³-hybridized carbons (Fsp3) is 0.300. The second kappa shape index (κ2) is 3.90. The molecule has 1 aromatic rings. The van der Waals surface area contributed by atoms with Crippen LogP contribution in [0.5, 0.6) is 0 Å². The van der Waals surface area contributed by atoms with Gasteiger partial charge in [0.05, 0.1) is 0 Å². The molecule has 0 saturated heterocycles. The quantitative estimate of drug-likeness (QED) is 0.452. The smallest absolute Gasteiger partial charge is 0.130 e. The molecule has 0 aliphatic carbocycles. The van der Waals surface area contributed by atoms with Gasteiger partial charge in [-0.1, -0.05) is 30.3 Å². The highest BCUT2D eigenvalue weighted by atomic mass is 15.1. The van der Waals surface area contributed by atoms with Gasteiger partial charge in [-0.25, -0.2) is 0 Å². The van der Waals surface area contributed by atoms with Crippen molar-refractivity contribution in [2.24, 2.45) is 4.99 Å². The molecule has 1 aromatic carbocycles. The van der Waals surface area contributed by atoms with Gasteiger partial charge in [0.2, 0.25) is 0 Å². The van der Waals surface area contributed by atoms with Gasteiger partial charge in [0.1, 0.15) is 5.84 Å². The SMILES string of the molecule is CN=C(c1ccccc1)N(C)C. The molecule has 64 valence electrons. The van der Waals surface area contributed by atoms with E-state index < -0.39 is 0 Å². The molecule has 0 radical (unpaired) electrons. The van der Waals surface area contributed by atoms with Crippen LogP contribution in [0.3, 0.4) is 0 Å². The Hall–Kier alpha value is -1.31. The van der Waals surface area contributed by atoms with Gasteiger partial charge >= 0.3 is 0 Å². The Morgan fingerprint density at radius 2 is 1.75 bits per heavy atom. The minimum Gasteiger partial charge on any atom is -0.363 e. The van der Waals surface area contributed by atoms with E-state index in [-0.39, 0.29) is 0 Å². The first-order chi connectivity index (χ1) is 5.75. The maximum Gasteiger partial charge on any atom is 0.130 e. The molecule has 0 spiro atoms. The minimum atomic E-state index is 1.01. The maximum atomic E-state index is 4.20. The molecule has 0 unspecified atom stereocenters. The van der Waals surface area contributed by atoms with Crippen LogP contribution in [0.15, 0.2) is 35.3 Å². The van der Waals surface area contributed by atoms with Crippen molar-refractivity contribution in [1.29, 1.82) is 0 Å². The number of benzene rings is 1. The van der Waals surface area contributed by atoms with Crippen molar-refractivity contribution in [2.45, 2.75) is 0 Å². The number of nitrogens with zero attached hydrogens (tertiary/aromatic N) is 2. The third-order valence-electron chi connectivity index (χ3n) is 1.67. The van der Waals surface area contributed by atoms with Crippen LogP contribution in [-0.2, 0) is 0 Å². The van der Waals surface area contributed by atoms with E-state index in [1.165, 1.54) is 0 Å². The van der Waals surface area contributed by atoms with Crippen LogP contribution in [0.2, 0.25) is 0 Å². The van der Waals surface area contributed by atoms with Crippen LogP contribution in [0, 0.1) is 0 Å². The molecular formula is C10H14N2. The van der Waals surface area contributed by atoms with Crippen LogP contribution in [0.25, 0.3) is 0 Å².